The summed E-state index contributed by atoms with van der Waals surface area (Å²) in [5.41, 5.74) is 2.48. The molecule has 0 aromatic heterocycles. The number of nitrogens with one attached hydrogen (secondary N) is 1. The van der Waals surface area contributed by atoms with Crippen molar-refractivity contribution in [2.24, 2.45) is 0 Å². The predicted octanol–water partition coefficient (Wildman–Crippen LogP) is 6.15. The van der Waals surface area contributed by atoms with Gasteiger partial charge in [0.1, 0.15) is 11.6 Å². The third kappa shape index (κ3) is 15.1. The van der Waals surface area contributed by atoms with Gasteiger partial charge in [-0.3, -0.25) is 0 Å². The maximum absolute atomic E-state index is 12.2. The Bertz CT molecular complexity index is 633. The standard InChI is InChI=1S/C8H7F.C7H8O3.C4H9N.C2H6.C2H4/c1-2-7-3-5-8(9)6-4-7;1-4-2-6(9)7(10)3-5(4)8;1-4(2)5-3;2*1-2/h2-6H,1H2;2-3,8-10H,1H3;5H,1H2,2-3H3;1-2H3;1-2H2. The number of phenolic OH excluding ortho intramolecular Hbond substituents is 3. The van der Waals surface area contributed by atoms with Gasteiger partial charge in [-0.2, -0.15) is 0 Å². The Morgan fingerprint density at radius 3 is 1.68 bits per heavy atom. The van der Waals surface area contributed by atoms with E-state index < -0.39 is 0 Å². The van der Waals surface area contributed by atoms with Gasteiger partial charge in [0.25, 0.3) is 0 Å². The van der Waals surface area contributed by atoms with E-state index in [2.05, 4.69) is 31.6 Å². The van der Waals surface area contributed by atoms with Crippen LogP contribution >= 0.6 is 0 Å². The molecule has 0 heterocycles. The molecule has 4 nitrogen and oxygen atoms in total. The molecule has 2 aromatic rings. The van der Waals surface area contributed by atoms with Gasteiger partial charge in [0.05, 0.1) is 0 Å². The van der Waals surface area contributed by atoms with Crippen molar-refractivity contribution in [2.75, 3.05) is 7.05 Å². The van der Waals surface area contributed by atoms with Gasteiger partial charge in [-0.1, -0.05) is 45.2 Å². The third-order valence-corrected chi connectivity index (χ3v) is 2.83. The maximum Gasteiger partial charge on any atom is 0.161 e. The lowest BCUT2D eigenvalue weighted by atomic mass is 10.2. The molecule has 0 bridgehead atoms. The van der Waals surface area contributed by atoms with Crippen LogP contribution in [0.25, 0.3) is 6.08 Å². The van der Waals surface area contributed by atoms with Crippen LogP contribution in [0.5, 0.6) is 17.2 Å². The van der Waals surface area contributed by atoms with Crippen molar-refractivity contribution in [2.45, 2.75) is 27.7 Å². The number of aryl methyl sites for hydroxylation is 1. The molecule has 0 saturated carbocycles. The van der Waals surface area contributed by atoms with E-state index in [9.17, 15) is 4.39 Å². The first-order valence-electron chi connectivity index (χ1n) is 8.64. The van der Waals surface area contributed by atoms with Crippen molar-refractivity contribution in [1.82, 2.24) is 5.32 Å². The molecule has 156 valence electrons. The molecule has 0 fully saturated rings. The summed E-state index contributed by atoms with van der Waals surface area (Å²) >= 11 is 0. The van der Waals surface area contributed by atoms with Gasteiger partial charge in [0, 0.05) is 13.1 Å². The smallest absolute Gasteiger partial charge is 0.161 e. The molecular weight excluding hydrogens is 357 g/mol. The minimum absolute atomic E-state index is 0.0182. The average molecular weight is 392 g/mol. The van der Waals surface area contributed by atoms with E-state index in [1.54, 1.807) is 25.1 Å². The molecule has 0 radical (unpaired) electrons. The van der Waals surface area contributed by atoms with Crippen LogP contribution in [0.15, 0.2) is 68.4 Å². The molecule has 0 saturated heterocycles. The second-order valence-electron chi connectivity index (χ2n) is 4.91. The van der Waals surface area contributed by atoms with Crippen LogP contribution in [0.4, 0.5) is 4.39 Å². The van der Waals surface area contributed by atoms with Crippen LogP contribution < -0.4 is 5.32 Å². The number of rotatable bonds is 2. The van der Waals surface area contributed by atoms with Gasteiger partial charge in [-0.15, -0.1) is 13.2 Å². The van der Waals surface area contributed by atoms with Crippen LogP contribution in [0.1, 0.15) is 31.9 Å². The summed E-state index contributed by atoms with van der Waals surface area (Å²) in [5.74, 6) is -0.741. The lowest BCUT2D eigenvalue weighted by Gasteiger charge is -2.00. The van der Waals surface area contributed by atoms with Gasteiger partial charge in [-0.05, 0) is 48.9 Å². The molecule has 2 rings (SSSR count). The maximum atomic E-state index is 12.2. The largest absolute Gasteiger partial charge is 0.508 e. The average Bonchev–Trinajstić information content (AvgIpc) is 2.71. The third-order valence-electron chi connectivity index (χ3n) is 2.83. The lowest BCUT2D eigenvalue weighted by Crippen LogP contribution is -1.98. The highest BCUT2D eigenvalue weighted by molar-refractivity contribution is 5.47. The number of phenols is 3. The molecule has 28 heavy (non-hydrogen) atoms. The van der Waals surface area contributed by atoms with Crippen LogP contribution in [-0.2, 0) is 0 Å². The van der Waals surface area contributed by atoms with Crippen LogP contribution in [0, 0.1) is 12.7 Å². The molecule has 0 spiro atoms. The Morgan fingerprint density at radius 2 is 1.36 bits per heavy atom. The van der Waals surface area contributed by atoms with E-state index in [0.29, 0.717) is 5.56 Å². The Labute approximate surface area is 169 Å². The summed E-state index contributed by atoms with van der Waals surface area (Å²) < 4.78 is 12.2. The zero-order valence-corrected chi connectivity index (χ0v) is 17.6. The molecule has 2 aromatic carbocycles. The number of allylic oxidation sites excluding steroid dienone is 1. The van der Waals surface area contributed by atoms with Crippen molar-refractivity contribution in [3.05, 3.63) is 85.4 Å². The van der Waals surface area contributed by atoms with Crippen molar-refractivity contribution in [1.29, 1.82) is 0 Å². The van der Waals surface area contributed by atoms with Gasteiger partial charge >= 0.3 is 0 Å². The molecule has 0 aliphatic rings. The van der Waals surface area contributed by atoms with Crippen LogP contribution in [0.2, 0.25) is 0 Å². The predicted molar refractivity (Wildman–Crippen MR) is 119 cm³/mol. The fraction of sp³-hybridized carbons (Fsp3) is 0.217. The summed E-state index contributed by atoms with van der Waals surface area (Å²) in [5, 5.41) is 29.5. The topological polar surface area (TPSA) is 72.7 Å². The van der Waals surface area contributed by atoms with Gasteiger partial charge in [0.2, 0.25) is 0 Å². The molecule has 0 aliphatic carbocycles. The number of benzene rings is 2. The fourth-order valence-electron chi connectivity index (χ4n) is 1.27. The molecule has 0 unspecified atom stereocenters. The normalized spacial score (nSPS) is 7.93. The quantitative estimate of drug-likeness (QED) is 0.281. The molecule has 4 N–H and O–H groups in total. The van der Waals surface area contributed by atoms with Crippen molar-refractivity contribution < 1.29 is 19.7 Å². The first-order chi connectivity index (χ1) is 13.2. The van der Waals surface area contributed by atoms with Crippen molar-refractivity contribution >= 4 is 6.08 Å². The zero-order valence-electron chi connectivity index (χ0n) is 17.6. The molecule has 5 heteroatoms. The van der Waals surface area contributed by atoms with E-state index in [4.69, 9.17) is 15.3 Å². The molecule has 0 aliphatic heterocycles. The van der Waals surface area contributed by atoms with E-state index >= 15 is 0 Å². The molecule has 0 atom stereocenters. The summed E-state index contributed by atoms with van der Waals surface area (Å²) in [4.78, 5) is 0. The van der Waals surface area contributed by atoms with E-state index in [1.807, 2.05) is 27.8 Å². The van der Waals surface area contributed by atoms with Gasteiger partial charge < -0.3 is 20.6 Å². The van der Waals surface area contributed by atoms with Crippen molar-refractivity contribution in [3.63, 3.8) is 0 Å². The van der Waals surface area contributed by atoms with E-state index in [0.717, 1.165) is 17.3 Å². The van der Waals surface area contributed by atoms with Gasteiger partial charge in [0.15, 0.2) is 11.5 Å². The Hall–Kier alpha value is -3.21. The van der Waals surface area contributed by atoms with E-state index in [1.165, 1.54) is 18.2 Å². The highest BCUT2D eigenvalue weighted by atomic mass is 19.1. The Kier molecular flexibility index (Phi) is 19.6. The second-order valence-corrected chi connectivity index (χ2v) is 4.91. The lowest BCUT2D eigenvalue weighted by molar-refractivity contribution is 0.395. The summed E-state index contributed by atoms with van der Waals surface area (Å²) in [6.07, 6.45) is 1.68. The number of aromatic hydroxyl groups is 3. The zero-order chi connectivity index (χ0) is 22.7. The first-order valence-corrected chi connectivity index (χ1v) is 8.64. The SMILES string of the molecule is C=C.C=C(C)NC.C=Cc1ccc(F)cc1.CC.Cc1cc(O)c(O)cc1O. The summed E-state index contributed by atoms with van der Waals surface area (Å²) in [6, 6.07) is 8.59. The van der Waals surface area contributed by atoms with Gasteiger partial charge in [-0.25, -0.2) is 4.39 Å². The van der Waals surface area contributed by atoms with Crippen LogP contribution in [-0.4, -0.2) is 22.4 Å². The molecular formula is C23H34FNO3. The minimum atomic E-state index is -0.303. The minimum Gasteiger partial charge on any atom is -0.508 e. The number of hydrogen-bond donors (Lipinski definition) is 4. The number of halogens is 1. The van der Waals surface area contributed by atoms with Crippen molar-refractivity contribution in [3.8, 4) is 17.2 Å². The monoisotopic (exact) mass is 391 g/mol. The fourth-order valence-corrected chi connectivity index (χ4v) is 1.27. The second kappa shape index (κ2) is 18.6. The molecule has 0 amide bonds. The summed E-state index contributed by atoms with van der Waals surface area (Å²) in [7, 11) is 1.85. The number of hydrogen-bond acceptors (Lipinski definition) is 4. The Balaban J connectivity index is -0.000000320. The van der Waals surface area contributed by atoms with E-state index in [-0.39, 0.29) is 23.1 Å². The highest BCUT2D eigenvalue weighted by Gasteiger charge is 2.02. The summed E-state index contributed by atoms with van der Waals surface area (Å²) in [6.45, 7) is 20.7. The highest BCUT2D eigenvalue weighted by Crippen LogP contribution is 2.31. The Morgan fingerprint density at radius 1 is 0.964 bits per heavy atom. The van der Waals surface area contributed by atoms with Crippen LogP contribution in [0.3, 0.4) is 0 Å². The first kappa shape index (κ1) is 29.5.